The van der Waals surface area contributed by atoms with Crippen molar-refractivity contribution in [1.82, 2.24) is 10.2 Å². The number of hydrogen-bond donors (Lipinski definition) is 2. The summed E-state index contributed by atoms with van der Waals surface area (Å²) in [7, 11) is 0. The maximum Gasteiger partial charge on any atom is 0.408 e. The van der Waals surface area contributed by atoms with E-state index in [4.69, 9.17) is 0 Å². The Hall–Kier alpha value is -0.900. The molecule has 0 bridgehead atoms. The van der Waals surface area contributed by atoms with Gasteiger partial charge in [-0.15, -0.1) is 24.8 Å². The first-order chi connectivity index (χ1) is 9.73. The molecule has 0 unspecified atom stereocenters. The van der Waals surface area contributed by atoms with E-state index in [1.807, 2.05) is 0 Å². The summed E-state index contributed by atoms with van der Waals surface area (Å²) in [4.78, 5) is 0.867. The van der Waals surface area contributed by atoms with Crippen LogP contribution >= 0.6 is 24.8 Å². The fourth-order valence-corrected chi connectivity index (χ4v) is 2.35. The van der Waals surface area contributed by atoms with Crippen molar-refractivity contribution in [3.05, 3.63) is 29.1 Å². The minimum atomic E-state index is -4.94. The van der Waals surface area contributed by atoms with Crippen molar-refractivity contribution in [2.45, 2.75) is 12.2 Å². The summed E-state index contributed by atoms with van der Waals surface area (Å²) in [6.07, 6.45) is -4.94. The molecular formula is C12H14Cl2F6N2O. The number of phenolic OH excluding ortho intramolecular Hbond substituents is 1. The molecule has 134 valence electrons. The Bertz CT molecular complexity index is 537. The van der Waals surface area contributed by atoms with E-state index in [1.54, 1.807) is 0 Å². The first-order valence-corrected chi connectivity index (χ1v) is 6.11. The summed E-state index contributed by atoms with van der Waals surface area (Å²) in [5.41, 5.74) is -1.29. The molecule has 1 aliphatic rings. The Morgan fingerprint density at radius 3 is 2.04 bits per heavy atom. The zero-order chi connectivity index (χ0) is 15.8. The molecule has 0 aliphatic carbocycles. The number of rotatable bonds is 2. The van der Waals surface area contributed by atoms with E-state index >= 15 is 0 Å². The van der Waals surface area contributed by atoms with Gasteiger partial charge in [-0.25, -0.2) is 13.2 Å². The third-order valence-electron chi connectivity index (χ3n) is 3.28. The highest BCUT2D eigenvalue weighted by Gasteiger charge is 2.48. The van der Waals surface area contributed by atoms with Gasteiger partial charge in [-0.3, -0.25) is 4.90 Å². The molecule has 1 aliphatic heterocycles. The Morgan fingerprint density at radius 2 is 1.57 bits per heavy atom. The normalized spacial score (nSPS) is 17.1. The van der Waals surface area contributed by atoms with E-state index in [1.165, 1.54) is 0 Å². The van der Waals surface area contributed by atoms with Crippen molar-refractivity contribution in [3.8, 4) is 5.75 Å². The van der Waals surface area contributed by atoms with Crippen LogP contribution in [0.2, 0.25) is 0 Å². The molecule has 1 aromatic carbocycles. The van der Waals surface area contributed by atoms with Crippen LogP contribution < -0.4 is 5.32 Å². The minimum Gasteiger partial charge on any atom is -0.507 e. The minimum absolute atomic E-state index is 0. The Morgan fingerprint density at radius 1 is 1.04 bits per heavy atom. The van der Waals surface area contributed by atoms with Crippen LogP contribution in [0.1, 0.15) is 11.6 Å². The predicted octanol–water partition coefficient (Wildman–Crippen LogP) is 3.16. The van der Waals surface area contributed by atoms with Crippen LogP contribution in [0.3, 0.4) is 0 Å². The van der Waals surface area contributed by atoms with Crippen LogP contribution in [0, 0.1) is 17.5 Å². The van der Waals surface area contributed by atoms with Gasteiger partial charge in [-0.05, 0) is 0 Å². The molecule has 0 spiro atoms. The first-order valence-electron chi connectivity index (χ1n) is 6.11. The van der Waals surface area contributed by atoms with Gasteiger partial charge in [-0.2, -0.15) is 13.2 Å². The van der Waals surface area contributed by atoms with E-state index in [0.717, 1.165) is 4.90 Å². The lowest BCUT2D eigenvalue weighted by molar-refractivity contribution is -0.189. The van der Waals surface area contributed by atoms with Crippen molar-refractivity contribution in [1.29, 1.82) is 0 Å². The summed E-state index contributed by atoms with van der Waals surface area (Å²) in [5.74, 6) is -7.05. The molecule has 1 aromatic rings. The molecule has 0 radical (unpaired) electrons. The quantitative estimate of drug-likeness (QED) is 0.605. The van der Waals surface area contributed by atoms with Crippen LogP contribution in [0.15, 0.2) is 6.07 Å². The number of benzene rings is 1. The van der Waals surface area contributed by atoms with Crippen LogP contribution in [0.4, 0.5) is 26.3 Å². The second kappa shape index (κ2) is 8.27. The molecule has 1 fully saturated rings. The number of piperazine rings is 1. The number of aromatic hydroxyl groups is 1. The van der Waals surface area contributed by atoms with Crippen molar-refractivity contribution in [2.24, 2.45) is 0 Å². The highest BCUT2D eigenvalue weighted by atomic mass is 35.5. The standard InChI is InChI=1S/C12H12F6N2O.2ClH/c13-6-5-7(21)8(10(15)9(6)14)11(12(16,17)18)20-3-1-19-2-4-20;;/h5,11,19,21H,1-4H2;2*1H/t11-;;/m0../s1. The maximum atomic E-state index is 13.7. The molecule has 2 rings (SSSR count). The Kier molecular flexibility index (Phi) is 7.95. The van der Waals surface area contributed by atoms with E-state index in [2.05, 4.69) is 5.32 Å². The number of halogens is 8. The van der Waals surface area contributed by atoms with E-state index < -0.39 is 41.0 Å². The fraction of sp³-hybridized carbons (Fsp3) is 0.500. The average Bonchev–Trinajstić information content (AvgIpc) is 2.40. The number of hydrogen-bond acceptors (Lipinski definition) is 3. The van der Waals surface area contributed by atoms with Crippen LogP contribution in [-0.4, -0.2) is 42.4 Å². The van der Waals surface area contributed by atoms with E-state index in [0.29, 0.717) is 0 Å². The predicted molar refractivity (Wildman–Crippen MR) is 75.7 cm³/mol. The van der Waals surface area contributed by atoms with Gasteiger partial charge in [0.05, 0.1) is 5.56 Å². The molecule has 2 N–H and O–H groups in total. The average molecular weight is 387 g/mol. The first kappa shape index (κ1) is 22.1. The summed E-state index contributed by atoms with van der Waals surface area (Å²) in [6.45, 7) is 0.335. The molecule has 1 atom stereocenters. The van der Waals surface area contributed by atoms with Crippen LogP contribution in [0.25, 0.3) is 0 Å². The zero-order valence-corrected chi connectivity index (χ0v) is 13.1. The molecule has 1 heterocycles. The number of nitrogens with one attached hydrogen (secondary N) is 1. The van der Waals surface area contributed by atoms with Gasteiger partial charge in [0.2, 0.25) is 0 Å². The molecular weight excluding hydrogens is 373 g/mol. The van der Waals surface area contributed by atoms with E-state index in [-0.39, 0.29) is 57.1 Å². The maximum absolute atomic E-state index is 13.7. The van der Waals surface area contributed by atoms with Crippen LogP contribution in [-0.2, 0) is 0 Å². The monoisotopic (exact) mass is 386 g/mol. The zero-order valence-electron chi connectivity index (χ0n) is 11.5. The lowest BCUT2D eigenvalue weighted by Crippen LogP contribution is -2.49. The molecule has 0 amide bonds. The highest BCUT2D eigenvalue weighted by Crippen LogP contribution is 2.43. The smallest absolute Gasteiger partial charge is 0.408 e. The number of nitrogens with zero attached hydrogens (tertiary/aromatic N) is 1. The molecule has 0 aromatic heterocycles. The van der Waals surface area contributed by atoms with Gasteiger partial charge in [0.15, 0.2) is 17.5 Å². The van der Waals surface area contributed by atoms with Gasteiger partial charge < -0.3 is 10.4 Å². The van der Waals surface area contributed by atoms with E-state index in [9.17, 15) is 31.4 Å². The molecule has 11 heteroatoms. The van der Waals surface area contributed by atoms with Gasteiger partial charge in [0.25, 0.3) is 0 Å². The summed E-state index contributed by atoms with van der Waals surface area (Å²) < 4.78 is 79.6. The van der Waals surface area contributed by atoms with Gasteiger partial charge in [-0.1, -0.05) is 0 Å². The summed E-state index contributed by atoms with van der Waals surface area (Å²) in [6, 6.07) is -2.39. The third-order valence-corrected chi connectivity index (χ3v) is 3.28. The summed E-state index contributed by atoms with van der Waals surface area (Å²) >= 11 is 0. The van der Waals surface area contributed by atoms with Crippen LogP contribution in [0.5, 0.6) is 5.75 Å². The third kappa shape index (κ3) is 4.56. The number of phenols is 1. The highest BCUT2D eigenvalue weighted by molar-refractivity contribution is 5.85. The topological polar surface area (TPSA) is 35.5 Å². The second-order valence-corrected chi connectivity index (χ2v) is 4.65. The van der Waals surface area contributed by atoms with Crippen molar-refractivity contribution in [2.75, 3.05) is 26.2 Å². The fourth-order valence-electron chi connectivity index (χ4n) is 2.35. The largest absolute Gasteiger partial charge is 0.507 e. The Labute approximate surface area is 140 Å². The SMILES string of the molecule is Cl.Cl.Oc1cc(F)c(F)c(F)c1[C@H](N1CCNCC1)C(F)(F)F. The lowest BCUT2D eigenvalue weighted by atomic mass is 10.0. The number of alkyl halides is 3. The van der Waals surface area contributed by atoms with Crippen molar-refractivity contribution >= 4 is 24.8 Å². The van der Waals surface area contributed by atoms with Gasteiger partial charge >= 0.3 is 6.18 Å². The van der Waals surface area contributed by atoms with Crippen molar-refractivity contribution in [3.63, 3.8) is 0 Å². The molecule has 1 saturated heterocycles. The molecule has 0 saturated carbocycles. The molecule has 3 nitrogen and oxygen atoms in total. The van der Waals surface area contributed by atoms with Gasteiger partial charge in [0.1, 0.15) is 11.8 Å². The lowest BCUT2D eigenvalue weighted by Gasteiger charge is -2.36. The van der Waals surface area contributed by atoms with Crippen molar-refractivity contribution < 1.29 is 31.4 Å². The second-order valence-electron chi connectivity index (χ2n) is 4.65. The van der Waals surface area contributed by atoms with Gasteiger partial charge in [0, 0.05) is 32.2 Å². The Balaban J connectivity index is 0.00000242. The molecule has 23 heavy (non-hydrogen) atoms. The summed E-state index contributed by atoms with van der Waals surface area (Å²) in [5, 5.41) is 12.3.